The third kappa shape index (κ3) is 4.40. The van der Waals surface area contributed by atoms with Crippen LogP contribution >= 0.6 is 0 Å². The second kappa shape index (κ2) is 9.04. The Morgan fingerprint density at radius 2 is 1.79 bits per heavy atom. The van der Waals surface area contributed by atoms with Gasteiger partial charge in [0.15, 0.2) is 9.84 Å². The Kier molecular flexibility index (Phi) is 6.48. The summed E-state index contributed by atoms with van der Waals surface area (Å²) in [6.07, 6.45) is 0.644. The molecule has 1 unspecified atom stereocenters. The highest BCUT2D eigenvalue weighted by molar-refractivity contribution is 7.92. The number of ether oxygens (including phenoxy) is 1. The van der Waals surface area contributed by atoms with E-state index < -0.39 is 15.2 Å². The van der Waals surface area contributed by atoms with Crippen LogP contribution in [-0.2, 0) is 27.6 Å². The van der Waals surface area contributed by atoms with Gasteiger partial charge in [0.05, 0.1) is 12.0 Å². The highest BCUT2D eigenvalue weighted by Gasteiger charge is 2.31. The number of fused-ring (bicyclic) bond motifs is 3. The van der Waals surface area contributed by atoms with Crippen molar-refractivity contribution in [3.05, 3.63) is 71.8 Å². The van der Waals surface area contributed by atoms with Crippen molar-refractivity contribution in [1.29, 1.82) is 0 Å². The first-order chi connectivity index (χ1) is 14.0. The SMILES string of the molecule is COc1ccc(S(=O)(=O)C2Cc3c(ccc4ccccc34)CN2)cc1.O=CNO. The molecule has 3 aromatic carbocycles. The van der Waals surface area contributed by atoms with Crippen LogP contribution in [0.1, 0.15) is 11.1 Å². The molecular weight excluding hydrogens is 392 g/mol. The third-order valence-electron chi connectivity index (χ3n) is 4.86. The molecule has 0 spiro atoms. The summed E-state index contributed by atoms with van der Waals surface area (Å²) in [6.45, 7) is 0.556. The molecule has 0 bridgehead atoms. The van der Waals surface area contributed by atoms with E-state index in [9.17, 15) is 8.42 Å². The van der Waals surface area contributed by atoms with Crippen molar-refractivity contribution in [3.63, 3.8) is 0 Å². The second-order valence-corrected chi connectivity index (χ2v) is 8.60. The number of nitrogens with one attached hydrogen (secondary N) is 2. The van der Waals surface area contributed by atoms with Crippen LogP contribution in [0.5, 0.6) is 5.75 Å². The lowest BCUT2D eigenvalue weighted by molar-refractivity contribution is -0.116. The minimum atomic E-state index is -3.47. The number of rotatable bonds is 4. The van der Waals surface area contributed by atoms with E-state index in [1.165, 1.54) is 11.0 Å². The van der Waals surface area contributed by atoms with Crippen LogP contribution < -0.4 is 15.5 Å². The number of methoxy groups -OCH3 is 1. The molecule has 3 N–H and O–H groups in total. The van der Waals surface area contributed by atoms with Gasteiger partial charge in [-0.1, -0.05) is 36.4 Å². The Hall–Kier alpha value is -2.94. The minimum Gasteiger partial charge on any atom is -0.497 e. The number of benzene rings is 3. The molecule has 1 aliphatic rings. The molecule has 1 amide bonds. The van der Waals surface area contributed by atoms with E-state index in [0.717, 1.165) is 16.3 Å². The van der Waals surface area contributed by atoms with Crippen LogP contribution in [0, 0.1) is 0 Å². The zero-order valence-electron chi connectivity index (χ0n) is 15.8. The normalized spacial score (nSPS) is 15.6. The van der Waals surface area contributed by atoms with E-state index in [4.69, 9.17) is 14.7 Å². The van der Waals surface area contributed by atoms with E-state index in [2.05, 4.69) is 29.6 Å². The predicted octanol–water partition coefficient (Wildman–Crippen LogP) is 2.42. The Bertz CT molecular complexity index is 1100. The number of sulfone groups is 1. The maximum Gasteiger partial charge on any atom is 0.230 e. The molecule has 1 atom stereocenters. The monoisotopic (exact) mass is 414 g/mol. The van der Waals surface area contributed by atoms with Gasteiger partial charge in [-0.25, -0.2) is 13.9 Å². The first-order valence-corrected chi connectivity index (χ1v) is 10.5. The zero-order chi connectivity index (χ0) is 20.9. The first kappa shape index (κ1) is 20.8. The maximum absolute atomic E-state index is 13.0. The van der Waals surface area contributed by atoms with Crippen molar-refractivity contribution < 1.29 is 23.2 Å². The van der Waals surface area contributed by atoms with Gasteiger partial charge in [-0.2, -0.15) is 0 Å². The highest BCUT2D eigenvalue weighted by atomic mass is 32.2. The number of hydrogen-bond donors (Lipinski definition) is 3. The molecule has 0 saturated carbocycles. The van der Waals surface area contributed by atoms with Gasteiger partial charge in [-0.3, -0.25) is 15.3 Å². The highest BCUT2D eigenvalue weighted by Crippen LogP contribution is 2.30. The fourth-order valence-corrected chi connectivity index (χ4v) is 4.95. The number of amides is 1. The molecule has 1 heterocycles. The van der Waals surface area contributed by atoms with E-state index in [1.807, 2.05) is 12.1 Å². The quantitative estimate of drug-likeness (QED) is 0.344. The summed E-state index contributed by atoms with van der Waals surface area (Å²) in [4.78, 5) is 9.13. The summed E-state index contributed by atoms with van der Waals surface area (Å²) in [5.74, 6) is 0.645. The van der Waals surface area contributed by atoms with Crippen LogP contribution in [0.4, 0.5) is 0 Å². The fraction of sp³-hybridized carbons (Fsp3) is 0.190. The Labute approximate surface area is 169 Å². The molecule has 8 heteroatoms. The lowest BCUT2D eigenvalue weighted by Crippen LogP contribution is -2.41. The summed E-state index contributed by atoms with van der Waals surface area (Å²) in [5, 5.41) is 12.1. The maximum atomic E-state index is 13.0. The van der Waals surface area contributed by atoms with Crippen molar-refractivity contribution >= 4 is 27.0 Å². The van der Waals surface area contributed by atoms with Crippen LogP contribution in [-0.4, -0.2) is 32.5 Å². The van der Waals surface area contributed by atoms with E-state index >= 15 is 0 Å². The van der Waals surface area contributed by atoms with Crippen LogP contribution in [0.25, 0.3) is 10.8 Å². The minimum absolute atomic E-state index is 0.181. The lowest BCUT2D eigenvalue weighted by atomic mass is 9.94. The topological polar surface area (TPSA) is 105 Å². The molecule has 7 nitrogen and oxygen atoms in total. The second-order valence-electron chi connectivity index (χ2n) is 6.47. The number of hydroxylamine groups is 1. The van der Waals surface area contributed by atoms with Gasteiger partial charge in [0.1, 0.15) is 11.1 Å². The van der Waals surface area contributed by atoms with E-state index in [-0.39, 0.29) is 6.41 Å². The molecule has 0 aromatic heterocycles. The molecule has 0 saturated heterocycles. The van der Waals surface area contributed by atoms with Gasteiger partial charge < -0.3 is 4.74 Å². The Balaban J connectivity index is 0.000000552. The van der Waals surface area contributed by atoms with Crippen molar-refractivity contribution in [3.8, 4) is 5.75 Å². The largest absolute Gasteiger partial charge is 0.497 e. The molecule has 0 fully saturated rings. The van der Waals surface area contributed by atoms with Crippen LogP contribution in [0.2, 0.25) is 0 Å². The molecule has 0 radical (unpaired) electrons. The van der Waals surface area contributed by atoms with E-state index in [0.29, 0.717) is 23.6 Å². The predicted molar refractivity (Wildman–Crippen MR) is 109 cm³/mol. The van der Waals surface area contributed by atoms with Crippen LogP contribution in [0.15, 0.2) is 65.6 Å². The fourth-order valence-electron chi connectivity index (χ4n) is 3.42. The summed E-state index contributed by atoms with van der Waals surface area (Å²) < 4.78 is 31.2. The number of hydrogen-bond acceptors (Lipinski definition) is 6. The van der Waals surface area contributed by atoms with Gasteiger partial charge in [-0.05, 0) is 46.2 Å². The molecular formula is C21H22N2O5S. The number of carbonyl (C=O) groups is 1. The average Bonchev–Trinajstić information content (AvgIpc) is 2.78. The van der Waals surface area contributed by atoms with Gasteiger partial charge in [0.25, 0.3) is 0 Å². The number of carbonyl (C=O) groups excluding carboxylic acids is 1. The molecule has 3 aromatic rings. The Morgan fingerprint density at radius 3 is 2.45 bits per heavy atom. The van der Waals surface area contributed by atoms with Gasteiger partial charge in [-0.15, -0.1) is 0 Å². The van der Waals surface area contributed by atoms with Crippen molar-refractivity contribution in [2.24, 2.45) is 0 Å². The average molecular weight is 414 g/mol. The lowest BCUT2D eigenvalue weighted by Gasteiger charge is -2.27. The smallest absolute Gasteiger partial charge is 0.230 e. The molecule has 1 aliphatic heterocycles. The van der Waals surface area contributed by atoms with Crippen molar-refractivity contribution in [2.75, 3.05) is 7.11 Å². The summed E-state index contributed by atoms with van der Waals surface area (Å²) >= 11 is 0. The molecule has 0 aliphatic carbocycles. The van der Waals surface area contributed by atoms with Gasteiger partial charge in [0.2, 0.25) is 6.41 Å². The third-order valence-corrected chi connectivity index (χ3v) is 6.87. The van der Waals surface area contributed by atoms with Crippen molar-refractivity contribution in [1.82, 2.24) is 10.8 Å². The summed E-state index contributed by atoms with van der Waals surface area (Å²) in [6, 6.07) is 18.9. The molecule has 152 valence electrons. The van der Waals surface area contributed by atoms with Crippen LogP contribution in [0.3, 0.4) is 0 Å². The molecule has 29 heavy (non-hydrogen) atoms. The Morgan fingerprint density at radius 1 is 1.10 bits per heavy atom. The molecule has 4 rings (SSSR count). The first-order valence-electron chi connectivity index (χ1n) is 8.95. The van der Waals surface area contributed by atoms with Gasteiger partial charge in [0, 0.05) is 13.0 Å². The summed E-state index contributed by atoms with van der Waals surface area (Å²) in [5.41, 5.74) is 3.54. The van der Waals surface area contributed by atoms with E-state index in [1.54, 1.807) is 31.4 Å². The van der Waals surface area contributed by atoms with Gasteiger partial charge >= 0.3 is 0 Å². The zero-order valence-corrected chi connectivity index (χ0v) is 16.6. The summed E-state index contributed by atoms with van der Waals surface area (Å²) in [7, 11) is -1.90. The standard InChI is InChI=1S/C20H19NO3S.CH3NO2/c1-24-16-8-10-17(11-9-16)25(22,23)20-12-19-15(13-21-20)7-6-14-4-2-3-5-18(14)19;3-1-2-4/h2-11,20-21H,12-13H2,1H3;1,4H,(H,2,3). The van der Waals surface area contributed by atoms with Crippen molar-refractivity contribution in [2.45, 2.75) is 23.2 Å².